The minimum atomic E-state index is -0.939. The SMILES string of the molecule is CN(CCOCC1CC1)CCOc1cccc(C(=O)O)c1. The molecule has 2 rings (SSSR count). The topological polar surface area (TPSA) is 59.0 Å². The van der Waals surface area contributed by atoms with Crippen LogP contribution in [-0.2, 0) is 4.74 Å². The molecule has 0 spiro atoms. The van der Waals surface area contributed by atoms with Gasteiger partial charge in [0.15, 0.2) is 0 Å². The summed E-state index contributed by atoms with van der Waals surface area (Å²) in [5.74, 6) is 0.457. The van der Waals surface area contributed by atoms with E-state index in [1.165, 1.54) is 12.8 Å². The molecule has 1 N–H and O–H groups in total. The molecular weight excluding hydrogens is 270 g/mol. The number of carboxylic acid groups (broad SMARTS) is 1. The highest BCUT2D eigenvalue weighted by Crippen LogP contribution is 2.28. The Labute approximate surface area is 125 Å². The number of benzene rings is 1. The zero-order valence-electron chi connectivity index (χ0n) is 12.5. The van der Waals surface area contributed by atoms with Gasteiger partial charge >= 0.3 is 5.97 Å². The highest BCUT2D eigenvalue weighted by molar-refractivity contribution is 5.87. The Hall–Kier alpha value is -1.59. The van der Waals surface area contributed by atoms with Gasteiger partial charge in [-0.05, 0) is 44.0 Å². The van der Waals surface area contributed by atoms with Crippen LogP contribution in [0.5, 0.6) is 5.75 Å². The lowest BCUT2D eigenvalue weighted by Crippen LogP contribution is -2.28. The van der Waals surface area contributed by atoms with E-state index in [0.29, 0.717) is 12.4 Å². The van der Waals surface area contributed by atoms with Crippen LogP contribution in [0.4, 0.5) is 0 Å². The number of hydrogen-bond donors (Lipinski definition) is 1. The van der Waals surface area contributed by atoms with Crippen LogP contribution in [0, 0.1) is 5.92 Å². The lowest BCUT2D eigenvalue weighted by Gasteiger charge is -2.17. The number of aromatic carboxylic acids is 1. The maximum Gasteiger partial charge on any atom is 0.335 e. The lowest BCUT2D eigenvalue weighted by atomic mass is 10.2. The number of carbonyl (C=O) groups is 1. The fourth-order valence-corrected chi connectivity index (χ4v) is 1.90. The maximum absolute atomic E-state index is 10.9. The molecule has 0 aliphatic heterocycles. The van der Waals surface area contributed by atoms with Gasteiger partial charge in [-0.25, -0.2) is 4.79 Å². The van der Waals surface area contributed by atoms with Crippen molar-refractivity contribution >= 4 is 5.97 Å². The predicted molar refractivity (Wildman–Crippen MR) is 79.9 cm³/mol. The Balaban J connectivity index is 1.59. The zero-order chi connectivity index (χ0) is 15.1. The Morgan fingerprint density at radius 1 is 1.33 bits per heavy atom. The van der Waals surface area contributed by atoms with Gasteiger partial charge in [-0.1, -0.05) is 6.07 Å². The molecule has 116 valence electrons. The summed E-state index contributed by atoms with van der Waals surface area (Å²) in [6.45, 7) is 3.84. The van der Waals surface area contributed by atoms with Crippen LogP contribution < -0.4 is 4.74 Å². The van der Waals surface area contributed by atoms with E-state index in [1.54, 1.807) is 24.3 Å². The molecule has 5 heteroatoms. The van der Waals surface area contributed by atoms with E-state index in [9.17, 15) is 4.79 Å². The average molecular weight is 293 g/mol. The molecule has 0 saturated heterocycles. The number of nitrogens with zero attached hydrogens (tertiary/aromatic N) is 1. The van der Waals surface area contributed by atoms with Crippen molar-refractivity contribution in [3.8, 4) is 5.75 Å². The molecular formula is C16H23NO4. The third kappa shape index (κ3) is 6.14. The Morgan fingerprint density at radius 2 is 2.10 bits per heavy atom. The molecule has 0 heterocycles. The normalized spacial score (nSPS) is 14.4. The molecule has 1 aromatic rings. The molecule has 0 aromatic heterocycles. The van der Waals surface area contributed by atoms with E-state index in [0.717, 1.165) is 32.2 Å². The number of hydrogen-bond acceptors (Lipinski definition) is 4. The van der Waals surface area contributed by atoms with E-state index < -0.39 is 5.97 Å². The largest absolute Gasteiger partial charge is 0.492 e. The molecule has 0 amide bonds. The molecule has 1 saturated carbocycles. The van der Waals surface area contributed by atoms with Crippen molar-refractivity contribution in [2.75, 3.05) is 40.0 Å². The molecule has 0 bridgehead atoms. The monoisotopic (exact) mass is 293 g/mol. The number of carboxylic acids is 1. The minimum absolute atomic E-state index is 0.245. The minimum Gasteiger partial charge on any atom is -0.492 e. The molecule has 0 atom stereocenters. The van der Waals surface area contributed by atoms with Gasteiger partial charge in [-0.15, -0.1) is 0 Å². The van der Waals surface area contributed by atoms with Gasteiger partial charge in [0, 0.05) is 19.7 Å². The molecule has 1 aliphatic rings. The van der Waals surface area contributed by atoms with Crippen LogP contribution in [0.25, 0.3) is 0 Å². The Bertz CT molecular complexity index is 459. The molecule has 1 aromatic carbocycles. The van der Waals surface area contributed by atoms with Gasteiger partial charge in [0.25, 0.3) is 0 Å². The second kappa shape index (κ2) is 8.00. The van der Waals surface area contributed by atoms with Crippen LogP contribution in [-0.4, -0.2) is 55.9 Å². The van der Waals surface area contributed by atoms with Crippen LogP contribution in [0.3, 0.4) is 0 Å². The first-order valence-corrected chi connectivity index (χ1v) is 7.37. The molecule has 1 fully saturated rings. The first-order chi connectivity index (χ1) is 10.1. The van der Waals surface area contributed by atoms with Gasteiger partial charge < -0.3 is 19.5 Å². The summed E-state index contributed by atoms with van der Waals surface area (Å²) in [5, 5.41) is 8.91. The molecule has 5 nitrogen and oxygen atoms in total. The summed E-state index contributed by atoms with van der Waals surface area (Å²) in [6.07, 6.45) is 2.64. The second-order valence-electron chi connectivity index (χ2n) is 5.50. The molecule has 0 radical (unpaired) electrons. The summed E-state index contributed by atoms with van der Waals surface area (Å²) >= 11 is 0. The van der Waals surface area contributed by atoms with Crippen molar-refractivity contribution in [1.82, 2.24) is 4.90 Å². The zero-order valence-corrected chi connectivity index (χ0v) is 12.5. The van der Waals surface area contributed by atoms with Crippen molar-refractivity contribution in [2.45, 2.75) is 12.8 Å². The number of likely N-dealkylation sites (N-methyl/N-ethyl adjacent to an activating group) is 1. The van der Waals surface area contributed by atoms with Crippen molar-refractivity contribution in [1.29, 1.82) is 0 Å². The lowest BCUT2D eigenvalue weighted by molar-refractivity contribution is 0.0696. The summed E-state index contributed by atoms with van der Waals surface area (Å²) in [5.41, 5.74) is 0.245. The molecule has 0 unspecified atom stereocenters. The van der Waals surface area contributed by atoms with Gasteiger partial charge in [-0.2, -0.15) is 0 Å². The van der Waals surface area contributed by atoms with E-state index in [1.807, 2.05) is 7.05 Å². The Kier molecular flexibility index (Phi) is 6.02. The fourth-order valence-electron chi connectivity index (χ4n) is 1.90. The highest BCUT2D eigenvalue weighted by atomic mass is 16.5. The van der Waals surface area contributed by atoms with Crippen molar-refractivity contribution in [3.05, 3.63) is 29.8 Å². The quantitative estimate of drug-likeness (QED) is 0.670. The first kappa shape index (κ1) is 15.8. The molecule has 1 aliphatic carbocycles. The smallest absolute Gasteiger partial charge is 0.335 e. The first-order valence-electron chi connectivity index (χ1n) is 7.37. The van der Waals surface area contributed by atoms with Crippen LogP contribution >= 0.6 is 0 Å². The van der Waals surface area contributed by atoms with Gasteiger partial charge in [-0.3, -0.25) is 0 Å². The average Bonchev–Trinajstić information content (AvgIpc) is 3.28. The third-order valence-corrected chi connectivity index (χ3v) is 3.49. The van der Waals surface area contributed by atoms with E-state index >= 15 is 0 Å². The van der Waals surface area contributed by atoms with Crippen molar-refractivity contribution in [3.63, 3.8) is 0 Å². The maximum atomic E-state index is 10.9. The van der Waals surface area contributed by atoms with Crippen LogP contribution in [0.15, 0.2) is 24.3 Å². The predicted octanol–water partition coefficient (Wildman–Crippen LogP) is 2.12. The second-order valence-corrected chi connectivity index (χ2v) is 5.50. The number of ether oxygens (including phenoxy) is 2. The van der Waals surface area contributed by atoms with Gasteiger partial charge in [0.05, 0.1) is 12.2 Å². The van der Waals surface area contributed by atoms with Gasteiger partial charge in [0.2, 0.25) is 0 Å². The highest BCUT2D eigenvalue weighted by Gasteiger charge is 2.20. The Morgan fingerprint density at radius 3 is 2.81 bits per heavy atom. The molecule has 21 heavy (non-hydrogen) atoms. The van der Waals surface area contributed by atoms with E-state index in [4.69, 9.17) is 14.6 Å². The number of rotatable bonds is 10. The summed E-state index contributed by atoms with van der Waals surface area (Å²) in [4.78, 5) is 13.0. The summed E-state index contributed by atoms with van der Waals surface area (Å²) < 4.78 is 11.2. The standard InChI is InChI=1S/C16H23NO4/c1-17(7-9-20-12-13-5-6-13)8-10-21-15-4-2-3-14(11-15)16(18)19/h2-4,11,13H,5-10,12H2,1H3,(H,18,19). The van der Waals surface area contributed by atoms with Crippen molar-refractivity contribution < 1.29 is 19.4 Å². The summed E-state index contributed by atoms with van der Waals surface area (Å²) in [6, 6.07) is 6.55. The fraction of sp³-hybridized carbons (Fsp3) is 0.562. The van der Waals surface area contributed by atoms with E-state index in [-0.39, 0.29) is 5.56 Å². The van der Waals surface area contributed by atoms with E-state index in [2.05, 4.69) is 4.90 Å². The third-order valence-electron chi connectivity index (χ3n) is 3.49. The van der Waals surface area contributed by atoms with Crippen LogP contribution in [0.2, 0.25) is 0 Å². The van der Waals surface area contributed by atoms with Crippen molar-refractivity contribution in [2.24, 2.45) is 5.92 Å². The van der Waals surface area contributed by atoms with Crippen LogP contribution in [0.1, 0.15) is 23.2 Å². The van der Waals surface area contributed by atoms with Gasteiger partial charge in [0.1, 0.15) is 12.4 Å². The summed E-state index contributed by atoms with van der Waals surface area (Å²) in [7, 11) is 2.03.